The molecule has 10 nitrogen and oxygen atoms in total. The van der Waals surface area contributed by atoms with Gasteiger partial charge in [-0.25, -0.2) is 4.99 Å². The number of H-pyrrole nitrogens is 2. The lowest BCUT2D eigenvalue weighted by Crippen LogP contribution is -2.34. The van der Waals surface area contributed by atoms with Crippen LogP contribution in [0.2, 0.25) is 0 Å². The normalized spacial score (nSPS) is 20.8. The number of carbonyl (C=O) groups excluding carboxylic acids is 2. The SMILES string of the molecule is CCC1=C(C)C(Cc2[nH]c(Cc3[nH]c(CC4NC(=O)C(C)[C@H]4[C@H](C)S)c(C)c3CCC(=O)O)c(CCC(=O)O)c2C)=NC1=O. The van der Waals surface area contributed by atoms with Gasteiger partial charge >= 0.3 is 11.9 Å². The Bertz CT molecular complexity index is 1550. The van der Waals surface area contributed by atoms with E-state index in [2.05, 4.69) is 32.9 Å². The van der Waals surface area contributed by atoms with Crippen LogP contribution in [0.25, 0.3) is 0 Å². The van der Waals surface area contributed by atoms with Crippen molar-refractivity contribution >= 4 is 42.1 Å². The summed E-state index contributed by atoms with van der Waals surface area (Å²) >= 11 is 4.67. The van der Waals surface area contributed by atoms with E-state index in [9.17, 15) is 29.4 Å². The van der Waals surface area contributed by atoms with Crippen LogP contribution in [-0.4, -0.2) is 60.9 Å². The molecule has 4 rings (SSSR count). The molecule has 4 atom stereocenters. The zero-order chi connectivity index (χ0) is 32.5. The monoisotopic (exact) mass is 624 g/mol. The summed E-state index contributed by atoms with van der Waals surface area (Å²) in [6.07, 6.45) is 2.64. The largest absolute Gasteiger partial charge is 0.481 e. The summed E-state index contributed by atoms with van der Waals surface area (Å²) in [5.74, 6) is -2.07. The van der Waals surface area contributed by atoms with E-state index in [0.29, 0.717) is 44.2 Å². The summed E-state index contributed by atoms with van der Waals surface area (Å²) < 4.78 is 0. The van der Waals surface area contributed by atoms with Gasteiger partial charge in [0, 0.05) is 83.6 Å². The molecule has 0 spiro atoms. The molecule has 2 aliphatic heterocycles. The molecule has 4 heterocycles. The molecular weight excluding hydrogens is 580 g/mol. The molecule has 0 aromatic carbocycles. The van der Waals surface area contributed by atoms with Crippen molar-refractivity contribution in [3.05, 3.63) is 56.2 Å². The van der Waals surface area contributed by atoms with E-state index in [-0.39, 0.29) is 47.8 Å². The Balaban J connectivity index is 1.71. The molecule has 0 radical (unpaired) electrons. The van der Waals surface area contributed by atoms with Gasteiger partial charge in [-0.15, -0.1) is 0 Å². The van der Waals surface area contributed by atoms with Crippen molar-refractivity contribution < 1.29 is 29.4 Å². The minimum atomic E-state index is -0.892. The lowest BCUT2D eigenvalue weighted by atomic mass is 9.86. The lowest BCUT2D eigenvalue weighted by molar-refractivity contribution is -0.138. The van der Waals surface area contributed by atoms with Crippen LogP contribution < -0.4 is 5.32 Å². The second-order valence-electron chi connectivity index (χ2n) is 12.3. The first-order chi connectivity index (χ1) is 20.7. The topological polar surface area (TPSA) is 165 Å². The number of allylic oxidation sites excluding steroid dienone is 1. The van der Waals surface area contributed by atoms with E-state index in [0.717, 1.165) is 56.2 Å². The quantitative estimate of drug-likeness (QED) is 0.170. The molecule has 2 aliphatic rings. The Morgan fingerprint density at radius 1 is 0.909 bits per heavy atom. The minimum absolute atomic E-state index is 0.0126. The second kappa shape index (κ2) is 13.6. The Morgan fingerprint density at radius 3 is 1.95 bits per heavy atom. The van der Waals surface area contributed by atoms with Gasteiger partial charge in [-0.1, -0.05) is 20.8 Å². The van der Waals surface area contributed by atoms with E-state index in [1.165, 1.54) is 0 Å². The highest BCUT2D eigenvalue weighted by Gasteiger charge is 2.41. The lowest BCUT2D eigenvalue weighted by Gasteiger charge is -2.24. The molecule has 1 fully saturated rings. The van der Waals surface area contributed by atoms with E-state index in [4.69, 9.17) is 0 Å². The molecule has 2 aromatic heterocycles. The molecule has 0 bridgehead atoms. The summed E-state index contributed by atoms with van der Waals surface area (Å²) in [5.41, 5.74) is 9.62. The number of carboxylic acid groups (broad SMARTS) is 2. The van der Waals surface area contributed by atoms with Gasteiger partial charge in [0.1, 0.15) is 0 Å². The van der Waals surface area contributed by atoms with Crippen LogP contribution in [0.1, 0.15) is 92.0 Å². The first kappa shape index (κ1) is 33.3. The van der Waals surface area contributed by atoms with Crippen LogP contribution in [0, 0.1) is 25.7 Å². The van der Waals surface area contributed by atoms with Gasteiger partial charge in [0.15, 0.2) is 0 Å². The molecule has 44 heavy (non-hydrogen) atoms. The Kier molecular flexibility index (Phi) is 10.3. The smallest absolute Gasteiger partial charge is 0.303 e. The van der Waals surface area contributed by atoms with Crippen molar-refractivity contribution in [2.24, 2.45) is 16.8 Å². The number of nitrogens with one attached hydrogen (secondary N) is 3. The molecule has 238 valence electrons. The third-order valence-electron chi connectivity index (χ3n) is 9.52. The number of aromatic amines is 2. The standard InChI is InChI=1S/C33H44N4O6S/c1-7-20-15(2)25(36-33(20)43)12-23-16(3)21(8-10-29(38)39)26(34-23)14-27-22(9-11-30(40)41)17(4)24(35-27)13-28-31(19(6)44)18(5)32(42)37-28/h18-19,28,31,34-35,44H,7-14H2,1-6H3,(H,37,42)(H,38,39)(H,40,41)/t18?,19-,28?,31-/m0/s1. The van der Waals surface area contributed by atoms with E-state index in [1.807, 2.05) is 41.5 Å². The van der Waals surface area contributed by atoms with Gasteiger partial charge in [0.05, 0.1) is 5.71 Å². The third kappa shape index (κ3) is 6.87. The fraction of sp³-hybridized carbons (Fsp3) is 0.545. The van der Waals surface area contributed by atoms with Crippen molar-refractivity contribution in [3.8, 4) is 0 Å². The molecule has 5 N–H and O–H groups in total. The Morgan fingerprint density at radius 2 is 1.45 bits per heavy atom. The van der Waals surface area contributed by atoms with Crippen LogP contribution in [0.4, 0.5) is 0 Å². The first-order valence-electron chi connectivity index (χ1n) is 15.4. The highest BCUT2D eigenvalue weighted by atomic mass is 32.1. The van der Waals surface area contributed by atoms with Gasteiger partial charge in [-0.2, -0.15) is 12.6 Å². The number of aliphatic carboxylic acids is 2. The number of nitrogens with zero attached hydrogens (tertiary/aromatic N) is 1. The number of hydrogen-bond acceptors (Lipinski definition) is 5. The maximum atomic E-state index is 12.5. The zero-order valence-corrected chi connectivity index (χ0v) is 27.3. The average molecular weight is 625 g/mol. The van der Waals surface area contributed by atoms with Crippen molar-refractivity contribution in [1.29, 1.82) is 0 Å². The highest BCUT2D eigenvalue weighted by Crippen LogP contribution is 2.34. The van der Waals surface area contributed by atoms with Gasteiger partial charge in [-0.3, -0.25) is 19.2 Å². The number of carbonyl (C=O) groups is 4. The molecule has 11 heteroatoms. The van der Waals surface area contributed by atoms with Gasteiger partial charge < -0.3 is 25.5 Å². The summed E-state index contributed by atoms with van der Waals surface area (Å²) in [6.45, 7) is 11.7. The van der Waals surface area contributed by atoms with E-state index >= 15 is 0 Å². The molecule has 2 aromatic rings. The van der Waals surface area contributed by atoms with Crippen molar-refractivity contribution in [1.82, 2.24) is 15.3 Å². The van der Waals surface area contributed by atoms with E-state index in [1.54, 1.807) is 0 Å². The molecule has 2 unspecified atom stereocenters. The fourth-order valence-electron chi connectivity index (χ4n) is 6.98. The number of aliphatic imine (C=N–C) groups is 1. The first-order valence-corrected chi connectivity index (χ1v) is 15.9. The molecule has 0 saturated carbocycles. The zero-order valence-electron chi connectivity index (χ0n) is 26.4. The number of aromatic nitrogens is 2. The fourth-order valence-corrected chi connectivity index (χ4v) is 7.44. The number of hydrogen-bond donors (Lipinski definition) is 6. The highest BCUT2D eigenvalue weighted by molar-refractivity contribution is 7.80. The maximum Gasteiger partial charge on any atom is 0.303 e. The summed E-state index contributed by atoms with van der Waals surface area (Å²) in [4.78, 5) is 59.5. The van der Waals surface area contributed by atoms with Gasteiger partial charge in [-0.05, 0) is 67.9 Å². The van der Waals surface area contributed by atoms with Crippen LogP contribution in [-0.2, 0) is 51.3 Å². The minimum Gasteiger partial charge on any atom is -0.481 e. The summed E-state index contributed by atoms with van der Waals surface area (Å²) in [5, 5.41) is 22.1. The second-order valence-corrected chi connectivity index (χ2v) is 13.1. The number of amides is 2. The molecule has 2 amide bonds. The number of carboxylic acids is 2. The summed E-state index contributed by atoms with van der Waals surface area (Å²) in [6, 6.07) is -0.104. The van der Waals surface area contributed by atoms with Gasteiger partial charge in [0.2, 0.25) is 5.91 Å². The molecular formula is C33H44N4O6S. The molecule has 0 aliphatic carbocycles. The predicted octanol–water partition coefficient (Wildman–Crippen LogP) is 4.45. The number of rotatable bonds is 14. The van der Waals surface area contributed by atoms with Crippen molar-refractivity contribution in [2.75, 3.05) is 0 Å². The molecule has 1 saturated heterocycles. The van der Waals surface area contributed by atoms with Crippen LogP contribution in [0.5, 0.6) is 0 Å². The van der Waals surface area contributed by atoms with Gasteiger partial charge in [0.25, 0.3) is 5.91 Å². The third-order valence-corrected chi connectivity index (χ3v) is 9.86. The van der Waals surface area contributed by atoms with Crippen LogP contribution in [0.15, 0.2) is 16.1 Å². The maximum absolute atomic E-state index is 12.5. The van der Waals surface area contributed by atoms with Crippen molar-refractivity contribution in [3.63, 3.8) is 0 Å². The van der Waals surface area contributed by atoms with Crippen molar-refractivity contribution in [2.45, 2.75) is 104 Å². The van der Waals surface area contributed by atoms with Crippen LogP contribution >= 0.6 is 12.6 Å². The average Bonchev–Trinajstić information content (AvgIpc) is 3.59. The predicted molar refractivity (Wildman–Crippen MR) is 172 cm³/mol. The Labute approximate surface area is 263 Å². The van der Waals surface area contributed by atoms with Crippen LogP contribution in [0.3, 0.4) is 0 Å². The Hall–Kier alpha value is -3.60. The summed E-state index contributed by atoms with van der Waals surface area (Å²) in [7, 11) is 0. The number of thiol groups is 1. The van der Waals surface area contributed by atoms with E-state index < -0.39 is 11.9 Å².